The Bertz CT molecular complexity index is 862. The predicted molar refractivity (Wildman–Crippen MR) is 96.5 cm³/mol. The van der Waals surface area contributed by atoms with Crippen molar-refractivity contribution in [2.45, 2.75) is 33.1 Å². The summed E-state index contributed by atoms with van der Waals surface area (Å²) < 4.78 is 24.0. The Kier molecular flexibility index (Phi) is 5.58. The van der Waals surface area contributed by atoms with Crippen molar-refractivity contribution in [3.8, 4) is 5.75 Å². The Hall–Kier alpha value is -2.70. The molecule has 7 heteroatoms. The monoisotopic (exact) mass is 374 g/mol. The zero-order valence-corrected chi connectivity index (χ0v) is 15.8. The van der Waals surface area contributed by atoms with E-state index in [2.05, 4.69) is 5.16 Å². The molecule has 3 rings (SSSR count). The van der Waals surface area contributed by atoms with E-state index in [1.165, 1.54) is 19.2 Å². The van der Waals surface area contributed by atoms with Gasteiger partial charge in [0.05, 0.1) is 12.8 Å². The van der Waals surface area contributed by atoms with E-state index >= 15 is 0 Å². The molecule has 0 bridgehead atoms. The second-order valence-corrected chi connectivity index (χ2v) is 6.72. The van der Waals surface area contributed by atoms with Crippen molar-refractivity contribution in [3.63, 3.8) is 0 Å². The number of hydrogen-bond donors (Lipinski definition) is 0. The van der Waals surface area contributed by atoms with Crippen LogP contribution in [0.15, 0.2) is 22.7 Å². The van der Waals surface area contributed by atoms with Crippen molar-refractivity contribution in [1.82, 2.24) is 10.1 Å². The van der Waals surface area contributed by atoms with E-state index in [0.29, 0.717) is 54.9 Å². The van der Waals surface area contributed by atoms with Crippen LogP contribution in [0.1, 0.15) is 51.9 Å². The van der Waals surface area contributed by atoms with Crippen LogP contribution < -0.4 is 4.74 Å². The maximum absolute atomic E-state index is 13.9. The molecule has 0 unspecified atom stereocenters. The summed E-state index contributed by atoms with van der Waals surface area (Å²) in [6.07, 6.45) is 1.98. The number of carbonyl (C=O) groups excluding carboxylic acids is 2. The molecule has 1 fully saturated rings. The van der Waals surface area contributed by atoms with Crippen molar-refractivity contribution in [1.29, 1.82) is 0 Å². The smallest absolute Gasteiger partial charge is 0.259 e. The molecule has 1 aliphatic heterocycles. The number of carbonyl (C=O) groups is 2. The molecule has 0 radical (unpaired) electrons. The quantitative estimate of drug-likeness (QED) is 0.750. The van der Waals surface area contributed by atoms with Crippen molar-refractivity contribution < 1.29 is 23.2 Å². The summed E-state index contributed by atoms with van der Waals surface area (Å²) in [5.41, 5.74) is 1.41. The van der Waals surface area contributed by atoms with Gasteiger partial charge in [-0.2, -0.15) is 0 Å². The zero-order chi connectivity index (χ0) is 19.6. The number of aryl methyl sites for hydroxylation is 2. The molecule has 0 spiro atoms. The Morgan fingerprint density at radius 1 is 1.41 bits per heavy atom. The number of nitrogens with zero attached hydrogens (tertiary/aromatic N) is 2. The first-order chi connectivity index (χ1) is 13.0. The first-order valence-electron chi connectivity index (χ1n) is 9.08. The molecule has 1 aromatic carbocycles. The summed E-state index contributed by atoms with van der Waals surface area (Å²) in [5, 5.41) is 3.93. The number of piperidine rings is 1. The van der Waals surface area contributed by atoms with Crippen LogP contribution in [0.2, 0.25) is 0 Å². The molecule has 2 aromatic rings. The van der Waals surface area contributed by atoms with E-state index < -0.39 is 5.82 Å². The molecule has 1 aromatic heterocycles. The molecule has 0 saturated carbocycles. The van der Waals surface area contributed by atoms with Gasteiger partial charge in [0.15, 0.2) is 17.3 Å². The first-order valence-corrected chi connectivity index (χ1v) is 9.08. The minimum atomic E-state index is -0.570. The average Bonchev–Trinajstić information content (AvgIpc) is 3.07. The number of methoxy groups -OCH3 is 1. The van der Waals surface area contributed by atoms with Crippen LogP contribution in [0.25, 0.3) is 0 Å². The van der Waals surface area contributed by atoms with Crippen molar-refractivity contribution in [2.24, 2.45) is 5.92 Å². The SMILES string of the molecule is CCc1noc(C)c1C(=O)N1CCC[C@H](C(=O)c2ccc(OC)c(F)c2)C1. The van der Waals surface area contributed by atoms with Crippen LogP contribution in [0.4, 0.5) is 4.39 Å². The number of likely N-dealkylation sites (tertiary alicyclic amines) is 1. The lowest BCUT2D eigenvalue weighted by molar-refractivity contribution is 0.0634. The van der Waals surface area contributed by atoms with Crippen molar-refractivity contribution in [2.75, 3.05) is 20.2 Å². The summed E-state index contributed by atoms with van der Waals surface area (Å²) in [4.78, 5) is 27.4. The average molecular weight is 374 g/mol. The maximum atomic E-state index is 13.9. The molecule has 1 saturated heterocycles. The highest BCUT2D eigenvalue weighted by molar-refractivity contribution is 6.00. The third-order valence-electron chi connectivity index (χ3n) is 5.00. The van der Waals surface area contributed by atoms with Gasteiger partial charge in [-0.3, -0.25) is 9.59 Å². The highest BCUT2D eigenvalue weighted by Crippen LogP contribution is 2.26. The molecular weight excluding hydrogens is 351 g/mol. The summed E-state index contributed by atoms with van der Waals surface area (Å²) in [7, 11) is 1.38. The fourth-order valence-corrected chi connectivity index (χ4v) is 3.52. The van der Waals surface area contributed by atoms with E-state index in [4.69, 9.17) is 9.26 Å². The molecule has 144 valence electrons. The minimum absolute atomic E-state index is 0.0991. The van der Waals surface area contributed by atoms with E-state index in [1.54, 1.807) is 17.9 Å². The Morgan fingerprint density at radius 2 is 2.19 bits per heavy atom. The van der Waals surface area contributed by atoms with Gasteiger partial charge in [-0.1, -0.05) is 12.1 Å². The number of Topliss-reactive ketones (excluding diaryl/α,β-unsaturated/α-hetero) is 1. The molecule has 2 heterocycles. The molecule has 1 amide bonds. The molecule has 0 aliphatic carbocycles. The van der Waals surface area contributed by atoms with Gasteiger partial charge in [0.2, 0.25) is 0 Å². The zero-order valence-electron chi connectivity index (χ0n) is 15.8. The molecular formula is C20H23FN2O4. The Morgan fingerprint density at radius 3 is 2.85 bits per heavy atom. The van der Waals surface area contributed by atoms with Gasteiger partial charge in [0.25, 0.3) is 5.91 Å². The fraction of sp³-hybridized carbons (Fsp3) is 0.450. The lowest BCUT2D eigenvalue weighted by Gasteiger charge is -2.32. The lowest BCUT2D eigenvalue weighted by atomic mass is 9.89. The van der Waals surface area contributed by atoms with Crippen LogP contribution in [0.3, 0.4) is 0 Å². The van der Waals surface area contributed by atoms with Gasteiger partial charge in [-0.15, -0.1) is 0 Å². The van der Waals surface area contributed by atoms with E-state index in [-0.39, 0.29) is 23.4 Å². The summed E-state index contributed by atoms with van der Waals surface area (Å²) in [5.74, 6) is -0.666. The first kappa shape index (κ1) is 19.1. The van der Waals surface area contributed by atoms with Crippen molar-refractivity contribution >= 4 is 11.7 Å². The number of benzene rings is 1. The fourth-order valence-electron chi connectivity index (χ4n) is 3.52. The molecule has 27 heavy (non-hydrogen) atoms. The molecule has 0 N–H and O–H groups in total. The number of ketones is 1. The summed E-state index contributed by atoms with van der Waals surface area (Å²) >= 11 is 0. The Balaban J connectivity index is 1.77. The number of rotatable bonds is 5. The molecule has 6 nitrogen and oxygen atoms in total. The number of aromatic nitrogens is 1. The van der Waals surface area contributed by atoms with E-state index in [9.17, 15) is 14.0 Å². The normalized spacial score (nSPS) is 17.0. The summed E-state index contributed by atoms with van der Waals surface area (Å²) in [6, 6.07) is 4.20. The number of hydrogen-bond acceptors (Lipinski definition) is 5. The third kappa shape index (κ3) is 3.72. The van der Waals surface area contributed by atoms with Gasteiger partial charge >= 0.3 is 0 Å². The highest BCUT2D eigenvalue weighted by Gasteiger charge is 2.32. The topological polar surface area (TPSA) is 72.6 Å². The van der Waals surface area contributed by atoms with Gasteiger partial charge in [-0.25, -0.2) is 4.39 Å². The second kappa shape index (κ2) is 7.90. The van der Waals surface area contributed by atoms with Gasteiger partial charge in [0.1, 0.15) is 11.3 Å². The Labute approximate surface area is 157 Å². The van der Waals surface area contributed by atoms with Gasteiger partial charge in [0, 0.05) is 24.6 Å². The summed E-state index contributed by atoms with van der Waals surface area (Å²) in [6.45, 7) is 4.51. The van der Waals surface area contributed by atoms with Crippen LogP contribution in [-0.2, 0) is 6.42 Å². The highest BCUT2D eigenvalue weighted by atomic mass is 19.1. The van der Waals surface area contributed by atoms with Crippen LogP contribution >= 0.6 is 0 Å². The number of amides is 1. The van der Waals surface area contributed by atoms with E-state index in [1.807, 2.05) is 6.92 Å². The standard InChI is InChI=1S/C20H23FN2O4/c1-4-16-18(12(2)27-22-16)20(25)23-9-5-6-14(11-23)19(24)13-7-8-17(26-3)15(21)10-13/h7-8,10,14H,4-6,9,11H2,1-3H3/t14-/m0/s1. The number of ether oxygens (including phenoxy) is 1. The van der Waals surface area contributed by atoms with Crippen LogP contribution in [-0.4, -0.2) is 41.9 Å². The van der Waals surface area contributed by atoms with Crippen molar-refractivity contribution in [3.05, 3.63) is 46.6 Å². The lowest BCUT2D eigenvalue weighted by Crippen LogP contribution is -2.42. The molecule has 1 atom stereocenters. The maximum Gasteiger partial charge on any atom is 0.259 e. The predicted octanol–water partition coefficient (Wildman–Crippen LogP) is 3.43. The number of halogens is 1. The van der Waals surface area contributed by atoms with Gasteiger partial charge < -0.3 is 14.2 Å². The largest absolute Gasteiger partial charge is 0.494 e. The van der Waals surface area contributed by atoms with Crippen LogP contribution in [0, 0.1) is 18.7 Å². The third-order valence-corrected chi connectivity index (χ3v) is 5.00. The van der Waals surface area contributed by atoms with E-state index in [0.717, 1.165) is 0 Å². The van der Waals surface area contributed by atoms with Crippen LogP contribution in [0.5, 0.6) is 5.75 Å². The van der Waals surface area contributed by atoms with Gasteiger partial charge in [-0.05, 0) is 44.4 Å². The second-order valence-electron chi connectivity index (χ2n) is 6.72. The molecule has 1 aliphatic rings. The minimum Gasteiger partial charge on any atom is -0.494 e.